The molecule has 0 spiro atoms. The van der Waals surface area contributed by atoms with E-state index < -0.39 is 24.0 Å². The second-order valence-corrected chi connectivity index (χ2v) is 10.4. The molecule has 39 heavy (non-hydrogen) atoms. The molecule has 2 amide bonds. The minimum Gasteiger partial charge on any atom is -0.456 e. The average Bonchev–Trinajstić information content (AvgIpc) is 2.90. The second-order valence-electron chi connectivity index (χ2n) is 9.44. The van der Waals surface area contributed by atoms with Crippen LogP contribution in [0.3, 0.4) is 0 Å². The number of anilines is 2. The van der Waals surface area contributed by atoms with Gasteiger partial charge in [0, 0.05) is 17.8 Å². The Morgan fingerprint density at radius 1 is 0.872 bits per heavy atom. The van der Waals surface area contributed by atoms with Crippen molar-refractivity contribution in [3.05, 3.63) is 75.7 Å². The van der Waals surface area contributed by atoms with Crippen LogP contribution >= 0.6 is 11.8 Å². The first-order valence-corrected chi connectivity index (χ1v) is 13.6. The molecule has 3 N–H and O–H groups in total. The van der Waals surface area contributed by atoms with Gasteiger partial charge in [0.25, 0.3) is 11.5 Å². The van der Waals surface area contributed by atoms with Crippen LogP contribution in [0.4, 0.5) is 11.4 Å². The molecule has 0 unspecified atom stereocenters. The molecule has 0 saturated heterocycles. The third kappa shape index (κ3) is 9.06. The van der Waals surface area contributed by atoms with E-state index in [0.717, 1.165) is 28.6 Å². The summed E-state index contributed by atoms with van der Waals surface area (Å²) in [5.74, 6) is -0.818. The van der Waals surface area contributed by atoms with Gasteiger partial charge >= 0.3 is 5.97 Å². The molecular formula is C28H33N5O5S. The Labute approximate surface area is 231 Å². The van der Waals surface area contributed by atoms with Crippen molar-refractivity contribution in [2.45, 2.75) is 57.5 Å². The fourth-order valence-electron chi connectivity index (χ4n) is 3.75. The van der Waals surface area contributed by atoms with Crippen molar-refractivity contribution < 1.29 is 19.1 Å². The molecule has 0 aliphatic rings. The first-order valence-electron chi connectivity index (χ1n) is 12.7. The van der Waals surface area contributed by atoms with Crippen LogP contribution in [0.25, 0.3) is 0 Å². The fraction of sp³-hybridized carbons (Fsp3) is 0.357. The van der Waals surface area contributed by atoms with Crippen molar-refractivity contribution in [2.24, 2.45) is 0 Å². The quantitative estimate of drug-likeness (QED) is 0.224. The number of benzene rings is 2. The van der Waals surface area contributed by atoms with Gasteiger partial charge in [0.2, 0.25) is 5.91 Å². The number of carbonyl (C=O) groups is 3. The van der Waals surface area contributed by atoms with E-state index in [4.69, 9.17) is 4.74 Å². The van der Waals surface area contributed by atoms with Gasteiger partial charge < -0.3 is 15.4 Å². The maximum absolute atomic E-state index is 12.4. The Balaban J connectivity index is 1.44. The predicted molar refractivity (Wildman–Crippen MR) is 151 cm³/mol. The lowest BCUT2D eigenvalue weighted by Crippen LogP contribution is -2.23. The van der Waals surface area contributed by atoms with Crippen LogP contribution in [0.1, 0.15) is 62.8 Å². The van der Waals surface area contributed by atoms with E-state index in [9.17, 15) is 19.2 Å². The van der Waals surface area contributed by atoms with Crippen LogP contribution in [0.5, 0.6) is 0 Å². The van der Waals surface area contributed by atoms with E-state index in [0.29, 0.717) is 5.69 Å². The number of ether oxygens (including phenoxy) is 1. The summed E-state index contributed by atoms with van der Waals surface area (Å²) in [7, 11) is 0. The molecule has 0 aliphatic heterocycles. The lowest BCUT2D eigenvalue weighted by molar-refractivity contribution is -0.147. The molecule has 10 nitrogen and oxygen atoms in total. The Hall–Kier alpha value is -3.99. The molecule has 206 valence electrons. The molecule has 1 heterocycles. The van der Waals surface area contributed by atoms with Gasteiger partial charge in [-0.1, -0.05) is 75.9 Å². The molecule has 0 bridgehead atoms. The number of nitrogens with zero attached hydrogens (tertiary/aromatic N) is 2. The van der Waals surface area contributed by atoms with Gasteiger partial charge in [0.1, 0.15) is 5.69 Å². The Kier molecular flexibility index (Phi) is 10.8. The number of hydrogen-bond donors (Lipinski definition) is 3. The number of H-pyrrole nitrogens is 1. The van der Waals surface area contributed by atoms with Crippen LogP contribution in [0, 0.1) is 0 Å². The number of aromatic nitrogens is 3. The van der Waals surface area contributed by atoms with Gasteiger partial charge in [-0.15, -0.1) is 10.2 Å². The molecular weight excluding hydrogens is 518 g/mol. The number of esters is 1. The Morgan fingerprint density at radius 2 is 1.44 bits per heavy atom. The van der Waals surface area contributed by atoms with Crippen LogP contribution in [-0.2, 0) is 25.5 Å². The van der Waals surface area contributed by atoms with Crippen molar-refractivity contribution >= 4 is 40.9 Å². The van der Waals surface area contributed by atoms with Crippen molar-refractivity contribution in [2.75, 3.05) is 23.0 Å². The lowest BCUT2D eigenvalue weighted by Gasteiger charge is -2.13. The number of hydrogen-bond acceptors (Lipinski definition) is 8. The van der Waals surface area contributed by atoms with E-state index >= 15 is 0 Å². The highest BCUT2D eigenvalue weighted by molar-refractivity contribution is 7.99. The van der Waals surface area contributed by atoms with Crippen LogP contribution in [0.2, 0.25) is 0 Å². The second kappa shape index (κ2) is 14.2. The van der Waals surface area contributed by atoms with Crippen LogP contribution in [0.15, 0.2) is 58.5 Å². The Bertz CT molecular complexity index is 1370. The minimum absolute atomic E-state index is 0.00358. The molecule has 2 aromatic carbocycles. The smallest absolute Gasteiger partial charge is 0.306 e. The molecule has 1 aromatic heterocycles. The van der Waals surface area contributed by atoms with Crippen molar-refractivity contribution in [1.29, 1.82) is 0 Å². The fourth-order valence-corrected chi connectivity index (χ4v) is 4.35. The van der Waals surface area contributed by atoms with E-state index in [1.54, 1.807) is 6.07 Å². The highest BCUT2D eigenvalue weighted by Crippen LogP contribution is 2.25. The number of amides is 2. The summed E-state index contributed by atoms with van der Waals surface area (Å²) in [5.41, 5.74) is 2.98. The Morgan fingerprint density at radius 3 is 2.00 bits per heavy atom. The summed E-state index contributed by atoms with van der Waals surface area (Å²) in [6.07, 6.45) is -0.145. The molecule has 3 rings (SSSR count). The number of aryl methyl sites for hydroxylation is 1. The summed E-state index contributed by atoms with van der Waals surface area (Å²) in [4.78, 5) is 51.7. The van der Waals surface area contributed by atoms with Crippen LogP contribution in [-0.4, -0.2) is 45.3 Å². The largest absolute Gasteiger partial charge is 0.456 e. The summed E-state index contributed by atoms with van der Waals surface area (Å²) < 4.78 is 5.04. The normalized spacial score (nSPS) is 10.9. The number of aromatic amines is 1. The first-order chi connectivity index (χ1) is 18.6. The summed E-state index contributed by atoms with van der Waals surface area (Å²) in [6.45, 7) is 7.70. The van der Waals surface area contributed by atoms with Gasteiger partial charge in [-0.05, 0) is 35.1 Å². The number of rotatable bonds is 12. The summed E-state index contributed by atoms with van der Waals surface area (Å²) in [5, 5.41) is 13.7. The third-order valence-corrected chi connectivity index (χ3v) is 6.59. The summed E-state index contributed by atoms with van der Waals surface area (Å²) >= 11 is 1.05. The molecule has 0 saturated carbocycles. The van der Waals surface area contributed by atoms with Crippen LogP contribution < -0.4 is 16.2 Å². The zero-order valence-corrected chi connectivity index (χ0v) is 23.3. The molecule has 0 atom stereocenters. The highest BCUT2D eigenvalue weighted by Gasteiger charge is 2.14. The zero-order valence-electron chi connectivity index (χ0n) is 22.4. The van der Waals surface area contributed by atoms with E-state index in [2.05, 4.69) is 25.8 Å². The van der Waals surface area contributed by atoms with E-state index in [1.165, 1.54) is 0 Å². The molecule has 0 radical (unpaired) electrons. The van der Waals surface area contributed by atoms with Gasteiger partial charge in [-0.3, -0.25) is 24.2 Å². The van der Waals surface area contributed by atoms with Gasteiger partial charge in [0.05, 0.1) is 12.2 Å². The molecule has 0 fully saturated rings. The number of carbonyl (C=O) groups excluding carboxylic acids is 3. The van der Waals surface area contributed by atoms with E-state index in [-0.39, 0.29) is 47.2 Å². The number of para-hydroxylation sites is 2. The predicted octanol–water partition coefficient (Wildman–Crippen LogP) is 4.26. The van der Waals surface area contributed by atoms with Crippen molar-refractivity contribution in [1.82, 2.24) is 15.2 Å². The molecule has 11 heteroatoms. The van der Waals surface area contributed by atoms with Crippen molar-refractivity contribution in [3.8, 4) is 0 Å². The van der Waals surface area contributed by atoms with E-state index in [1.807, 2.05) is 70.2 Å². The standard InChI is InChI=1S/C28H33N5O5S/c1-17(2)19-9-5-7-11-21(19)29-24(34)15-38-26(36)14-13-23-27(37)31-28(33-32-23)39-16-25(35)30-22-12-8-6-10-20(22)18(3)4/h5-12,17-18H,13-16H2,1-4H3,(H,29,34)(H,30,35)(H,31,33,37). The number of nitrogens with one attached hydrogen (secondary N) is 3. The zero-order chi connectivity index (χ0) is 28.4. The summed E-state index contributed by atoms with van der Waals surface area (Å²) in [6, 6.07) is 15.0. The molecule has 3 aromatic rings. The minimum atomic E-state index is -0.639. The van der Waals surface area contributed by atoms with Crippen molar-refractivity contribution in [3.63, 3.8) is 0 Å². The SMILES string of the molecule is CC(C)c1ccccc1NC(=O)COC(=O)CCc1nnc(SCC(=O)Nc2ccccc2C(C)C)[nH]c1=O. The highest BCUT2D eigenvalue weighted by atomic mass is 32.2. The van der Waals surface area contributed by atoms with Gasteiger partial charge in [0.15, 0.2) is 11.8 Å². The van der Waals surface area contributed by atoms with Gasteiger partial charge in [-0.25, -0.2) is 0 Å². The first kappa shape index (κ1) is 29.6. The maximum atomic E-state index is 12.4. The van der Waals surface area contributed by atoms with Gasteiger partial charge in [-0.2, -0.15) is 0 Å². The monoisotopic (exact) mass is 551 g/mol. The number of thioether (sulfide) groups is 1. The average molecular weight is 552 g/mol. The maximum Gasteiger partial charge on any atom is 0.306 e. The third-order valence-electron chi connectivity index (χ3n) is 5.73. The topological polar surface area (TPSA) is 143 Å². The molecule has 0 aliphatic carbocycles. The lowest BCUT2D eigenvalue weighted by atomic mass is 10.0.